The standard InChI is InChI=1S/C20H20F3NO2/c1-26-19(20(21,22)23,16-11-6-3-7-12-16)18(25)24-14-8-13-17(24)15-9-4-2-5-10-15/h2-7,9-12,17H,8,13-14H2,1H3/t17-,19-/m0/s1. The van der Waals surface area contributed by atoms with Crippen molar-refractivity contribution in [1.29, 1.82) is 0 Å². The summed E-state index contributed by atoms with van der Waals surface area (Å²) in [5, 5.41) is 0. The van der Waals surface area contributed by atoms with E-state index in [1.54, 1.807) is 6.07 Å². The minimum atomic E-state index is -4.88. The Labute approximate surface area is 150 Å². The highest BCUT2D eigenvalue weighted by atomic mass is 19.4. The van der Waals surface area contributed by atoms with Crippen LogP contribution in [-0.4, -0.2) is 30.6 Å². The van der Waals surface area contributed by atoms with Crippen LogP contribution in [0.5, 0.6) is 0 Å². The first-order valence-electron chi connectivity index (χ1n) is 8.45. The molecule has 2 aromatic rings. The normalized spacial score (nSPS) is 20.0. The van der Waals surface area contributed by atoms with Gasteiger partial charge < -0.3 is 9.64 Å². The van der Waals surface area contributed by atoms with Gasteiger partial charge in [-0.15, -0.1) is 0 Å². The van der Waals surface area contributed by atoms with Crippen LogP contribution >= 0.6 is 0 Å². The molecule has 138 valence electrons. The van der Waals surface area contributed by atoms with Crippen LogP contribution in [0.2, 0.25) is 0 Å². The average Bonchev–Trinajstić information content (AvgIpc) is 3.13. The number of ether oxygens (including phenoxy) is 1. The summed E-state index contributed by atoms with van der Waals surface area (Å²) in [4.78, 5) is 14.5. The quantitative estimate of drug-likeness (QED) is 0.803. The van der Waals surface area contributed by atoms with Gasteiger partial charge >= 0.3 is 6.18 Å². The zero-order chi connectivity index (χ0) is 18.8. The molecule has 0 radical (unpaired) electrons. The van der Waals surface area contributed by atoms with E-state index in [0.717, 1.165) is 12.7 Å². The summed E-state index contributed by atoms with van der Waals surface area (Å²) in [5.41, 5.74) is -2.39. The van der Waals surface area contributed by atoms with Gasteiger partial charge in [0.2, 0.25) is 0 Å². The highest BCUT2D eigenvalue weighted by molar-refractivity contribution is 5.88. The van der Waals surface area contributed by atoms with Gasteiger partial charge in [0, 0.05) is 19.2 Å². The number of nitrogens with zero attached hydrogens (tertiary/aromatic N) is 1. The summed E-state index contributed by atoms with van der Waals surface area (Å²) in [6, 6.07) is 15.9. The molecule has 26 heavy (non-hydrogen) atoms. The number of rotatable bonds is 4. The average molecular weight is 363 g/mol. The molecule has 2 aromatic carbocycles. The van der Waals surface area contributed by atoms with E-state index in [1.807, 2.05) is 30.3 Å². The lowest BCUT2D eigenvalue weighted by Crippen LogP contribution is -2.56. The van der Waals surface area contributed by atoms with E-state index < -0.39 is 17.7 Å². The van der Waals surface area contributed by atoms with E-state index in [0.29, 0.717) is 12.8 Å². The van der Waals surface area contributed by atoms with Gasteiger partial charge in [-0.05, 0) is 18.4 Å². The maximum Gasteiger partial charge on any atom is 0.430 e. The fourth-order valence-electron chi connectivity index (χ4n) is 3.64. The smallest absolute Gasteiger partial charge is 0.356 e. The van der Waals surface area contributed by atoms with E-state index in [4.69, 9.17) is 4.74 Å². The lowest BCUT2D eigenvalue weighted by molar-refractivity contribution is -0.270. The Balaban J connectivity index is 2.06. The summed E-state index contributed by atoms with van der Waals surface area (Å²) in [6.45, 7) is 0.270. The third-order valence-electron chi connectivity index (χ3n) is 4.88. The van der Waals surface area contributed by atoms with E-state index >= 15 is 0 Å². The molecule has 3 nitrogen and oxygen atoms in total. The molecule has 0 spiro atoms. The Kier molecular flexibility index (Phi) is 5.05. The Morgan fingerprint density at radius 3 is 2.15 bits per heavy atom. The van der Waals surface area contributed by atoms with Crippen molar-refractivity contribution < 1.29 is 22.7 Å². The Bertz CT molecular complexity index is 749. The molecule has 1 heterocycles. The molecule has 0 aliphatic carbocycles. The fourth-order valence-corrected chi connectivity index (χ4v) is 3.64. The summed E-state index contributed by atoms with van der Waals surface area (Å²) < 4.78 is 47.3. The molecule has 0 saturated carbocycles. The lowest BCUT2D eigenvalue weighted by Gasteiger charge is -2.38. The van der Waals surface area contributed by atoms with Crippen molar-refractivity contribution in [2.75, 3.05) is 13.7 Å². The minimum absolute atomic E-state index is 0.210. The van der Waals surface area contributed by atoms with Gasteiger partial charge in [-0.25, -0.2) is 0 Å². The number of hydrogen-bond donors (Lipinski definition) is 0. The second-order valence-electron chi connectivity index (χ2n) is 6.32. The molecule has 3 rings (SSSR count). The monoisotopic (exact) mass is 363 g/mol. The number of halogens is 3. The number of carbonyl (C=O) groups is 1. The van der Waals surface area contributed by atoms with Crippen molar-refractivity contribution in [1.82, 2.24) is 4.90 Å². The molecule has 0 unspecified atom stereocenters. The maximum atomic E-state index is 14.1. The van der Waals surface area contributed by atoms with Gasteiger partial charge in [0.1, 0.15) is 0 Å². The molecule has 2 atom stereocenters. The highest BCUT2D eigenvalue weighted by Gasteiger charge is 2.64. The van der Waals surface area contributed by atoms with Crippen LogP contribution in [0.1, 0.15) is 30.0 Å². The second-order valence-corrected chi connectivity index (χ2v) is 6.32. The molecule has 6 heteroatoms. The zero-order valence-corrected chi connectivity index (χ0v) is 14.4. The second kappa shape index (κ2) is 7.11. The zero-order valence-electron chi connectivity index (χ0n) is 14.4. The molecular weight excluding hydrogens is 343 g/mol. The third-order valence-corrected chi connectivity index (χ3v) is 4.88. The number of carbonyl (C=O) groups excluding carboxylic acids is 1. The molecule has 1 aliphatic heterocycles. The van der Waals surface area contributed by atoms with Gasteiger partial charge in [0.15, 0.2) is 0 Å². The molecule has 1 saturated heterocycles. The number of alkyl halides is 3. The van der Waals surface area contributed by atoms with E-state index in [9.17, 15) is 18.0 Å². The van der Waals surface area contributed by atoms with Crippen LogP contribution < -0.4 is 0 Å². The van der Waals surface area contributed by atoms with Crippen LogP contribution in [0.25, 0.3) is 0 Å². The molecule has 0 aromatic heterocycles. The lowest BCUT2D eigenvalue weighted by atomic mass is 9.90. The molecule has 0 N–H and O–H groups in total. The van der Waals surface area contributed by atoms with Crippen molar-refractivity contribution in [3.05, 3.63) is 71.8 Å². The van der Waals surface area contributed by atoms with Gasteiger partial charge in [0.05, 0.1) is 6.04 Å². The van der Waals surface area contributed by atoms with Crippen molar-refractivity contribution in [3.8, 4) is 0 Å². The number of benzene rings is 2. The van der Waals surface area contributed by atoms with Gasteiger partial charge in [0.25, 0.3) is 11.5 Å². The molecule has 1 amide bonds. The van der Waals surface area contributed by atoms with Gasteiger partial charge in [-0.2, -0.15) is 13.2 Å². The van der Waals surface area contributed by atoms with E-state index in [2.05, 4.69) is 0 Å². The SMILES string of the molecule is CO[C@](C(=O)N1CCC[C@H]1c1ccccc1)(c1ccccc1)C(F)(F)F. The Morgan fingerprint density at radius 2 is 1.62 bits per heavy atom. The van der Waals surface area contributed by atoms with Crippen LogP contribution in [0, 0.1) is 0 Å². The van der Waals surface area contributed by atoms with Gasteiger partial charge in [-0.1, -0.05) is 60.7 Å². The van der Waals surface area contributed by atoms with Crippen molar-refractivity contribution >= 4 is 5.91 Å². The fraction of sp³-hybridized carbons (Fsp3) is 0.350. The molecular formula is C20H20F3NO2. The summed E-state index contributed by atoms with van der Waals surface area (Å²) in [6.07, 6.45) is -3.61. The first-order valence-corrected chi connectivity index (χ1v) is 8.45. The van der Waals surface area contributed by atoms with Gasteiger partial charge in [-0.3, -0.25) is 4.79 Å². The number of likely N-dealkylation sites (tertiary alicyclic amines) is 1. The Hall–Kier alpha value is -2.34. The van der Waals surface area contributed by atoms with Crippen molar-refractivity contribution in [3.63, 3.8) is 0 Å². The number of amides is 1. The molecule has 0 bridgehead atoms. The third kappa shape index (κ3) is 2.98. The topological polar surface area (TPSA) is 29.5 Å². The summed E-state index contributed by atoms with van der Waals surface area (Å²) in [5.74, 6) is -1.06. The molecule has 1 aliphatic rings. The number of hydrogen-bond acceptors (Lipinski definition) is 2. The largest absolute Gasteiger partial charge is 0.430 e. The minimum Gasteiger partial charge on any atom is -0.356 e. The Morgan fingerprint density at radius 1 is 1.04 bits per heavy atom. The van der Waals surface area contributed by atoms with Crippen LogP contribution in [0.4, 0.5) is 13.2 Å². The molecule has 1 fully saturated rings. The summed E-state index contributed by atoms with van der Waals surface area (Å²) in [7, 11) is 0.936. The van der Waals surface area contributed by atoms with Crippen LogP contribution in [0.3, 0.4) is 0 Å². The predicted molar refractivity (Wildman–Crippen MR) is 91.3 cm³/mol. The van der Waals surface area contributed by atoms with Crippen LogP contribution in [-0.2, 0) is 15.1 Å². The number of methoxy groups -OCH3 is 1. The van der Waals surface area contributed by atoms with Crippen LogP contribution in [0.15, 0.2) is 60.7 Å². The first-order chi connectivity index (χ1) is 12.4. The van der Waals surface area contributed by atoms with Crippen molar-refractivity contribution in [2.24, 2.45) is 0 Å². The first kappa shape index (κ1) is 18.5. The predicted octanol–water partition coefficient (Wildman–Crippen LogP) is 4.45. The highest BCUT2D eigenvalue weighted by Crippen LogP contribution is 2.46. The van der Waals surface area contributed by atoms with Crippen molar-refractivity contribution in [2.45, 2.75) is 30.7 Å². The maximum absolute atomic E-state index is 14.1. The van der Waals surface area contributed by atoms with E-state index in [-0.39, 0.29) is 18.2 Å². The van der Waals surface area contributed by atoms with E-state index in [1.165, 1.54) is 29.2 Å². The summed E-state index contributed by atoms with van der Waals surface area (Å²) >= 11 is 0.